The van der Waals surface area contributed by atoms with Crippen molar-refractivity contribution in [2.24, 2.45) is 0 Å². The maximum atomic E-state index is 12.4. The predicted octanol–water partition coefficient (Wildman–Crippen LogP) is 3.36. The number of aryl methyl sites for hydroxylation is 2. The first-order valence-electron chi connectivity index (χ1n) is 9.65. The van der Waals surface area contributed by atoms with E-state index in [4.69, 9.17) is 4.74 Å². The molecule has 29 heavy (non-hydrogen) atoms. The molecule has 2 aromatic rings. The Balaban J connectivity index is 1.45. The summed E-state index contributed by atoms with van der Waals surface area (Å²) >= 11 is 0. The highest BCUT2D eigenvalue weighted by Crippen LogP contribution is 2.24. The average molecular weight is 393 g/mol. The number of carbonyl (C=O) groups is 4. The quantitative estimate of drug-likeness (QED) is 0.390. The van der Waals surface area contributed by atoms with Crippen molar-refractivity contribution in [1.82, 2.24) is 4.90 Å². The second-order valence-electron chi connectivity index (χ2n) is 7.05. The summed E-state index contributed by atoms with van der Waals surface area (Å²) < 4.78 is 5.03. The van der Waals surface area contributed by atoms with Crippen molar-refractivity contribution in [3.8, 4) is 0 Å². The van der Waals surface area contributed by atoms with Gasteiger partial charge < -0.3 is 4.74 Å². The summed E-state index contributed by atoms with van der Waals surface area (Å²) in [6, 6.07) is 12.3. The molecule has 0 N–H and O–H groups in total. The molecule has 0 radical (unpaired) electrons. The Labute approximate surface area is 169 Å². The zero-order valence-corrected chi connectivity index (χ0v) is 16.6. The van der Waals surface area contributed by atoms with Crippen LogP contribution in [0.15, 0.2) is 42.5 Å². The van der Waals surface area contributed by atoms with Gasteiger partial charge in [-0.05, 0) is 37.5 Å². The van der Waals surface area contributed by atoms with Gasteiger partial charge >= 0.3 is 5.97 Å². The Morgan fingerprint density at radius 3 is 2.34 bits per heavy atom. The minimum atomic E-state index is -0.531. The molecular weight excluding hydrogens is 370 g/mol. The number of imide groups is 1. The third-order valence-corrected chi connectivity index (χ3v) is 4.94. The molecule has 0 saturated heterocycles. The summed E-state index contributed by atoms with van der Waals surface area (Å²) in [6.45, 7) is 3.70. The first kappa shape index (κ1) is 20.5. The van der Waals surface area contributed by atoms with Gasteiger partial charge in [-0.1, -0.05) is 42.8 Å². The van der Waals surface area contributed by atoms with Crippen molar-refractivity contribution in [3.63, 3.8) is 0 Å². The molecule has 0 aromatic heterocycles. The second kappa shape index (κ2) is 8.82. The molecule has 0 fully saturated rings. The SMILES string of the molecule is CCc1ccc(C(=O)COC(=O)CCCN2C(=O)c3ccc(C)cc3C2=O)cc1. The zero-order valence-electron chi connectivity index (χ0n) is 16.6. The van der Waals surface area contributed by atoms with Crippen LogP contribution >= 0.6 is 0 Å². The molecule has 150 valence electrons. The lowest BCUT2D eigenvalue weighted by molar-refractivity contribution is -0.142. The summed E-state index contributed by atoms with van der Waals surface area (Å²) in [7, 11) is 0. The third-order valence-electron chi connectivity index (χ3n) is 4.94. The topological polar surface area (TPSA) is 80.8 Å². The van der Waals surface area contributed by atoms with Gasteiger partial charge in [-0.15, -0.1) is 0 Å². The van der Waals surface area contributed by atoms with Gasteiger partial charge in [0.05, 0.1) is 11.1 Å². The van der Waals surface area contributed by atoms with E-state index in [0.717, 1.165) is 22.4 Å². The maximum absolute atomic E-state index is 12.4. The van der Waals surface area contributed by atoms with E-state index in [2.05, 4.69) is 0 Å². The number of ether oxygens (including phenoxy) is 1. The Bertz CT molecular complexity index is 962. The monoisotopic (exact) mass is 393 g/mol. The number of benzene rings is 2. The lowest BCUT2D eigenvalue weighted by atomic mass is 10.1. The highest BCUT2D eigenvalue weighted by Gasteiger charge is 2.35. The van der Waals surface area contributed by atoms with Crippen LogP contribution in [-0.4, -0.2) is 41.6 Å². The molecule has 1 aliphatic rings. The van der Waals surface area contributed by atoms with Gasteiger partial charge in [0, 0.05) is 18.5 Å². The number of rotatable bonds is 8. The number of hydrogen-bond donors (Lipinski definition) is 0. The molecule has 6 heteroatoms. The van der Waals surface area contributed by atoms with E-state index >= 15 is 0 Å². The fourth-order valence-corrected chi connectivity index (χ4v) is 3.22. The molecule has 0 atom stereocenters. The van der Waals surface area contributed by atoms with Gasteiger partial charge in [0.25, 0.3) is 11.8 Å². The normalized spacial score (nSPS) is 12.8. The van der Waals surface area contributed by atoms with Crippen molar-refractivity contribution >= 4 is 23.6 Å². The van der Waals surface area contributed by atoms with Gasteiger partial charge in [0.1, 0.15) is 0 Å². The number of nitrogens with zero attached hydrogens (tertiary/aromatic N) is 1. The van der Waals surface area contributed by atoms with Crippen LogP contribution in [0.4, 0.5) is 0 Å². The highest BCUT2D eigenvalue weighted by atomic mass is 16.5. The predicted molar refractivity (Wildman–Crippen MR) is 107 cm³/mol. The van der Waals surface area contributed by atoms with Crippen molar-refractivity contribution in [3.05, 3.63) is 70.3 Å². The maximum Gasteiger partial charge on any atom is 0.306 e. The molecule has 1 heterocycles. The van der Waals surface area contributed by atoms with Crippen LogP contribution in [0.25, 0.3) is 0 Å². The molecule has 0 saturated carbocycles. The number of carbonyl (C=O) groups excluding carboxylic acids is 4. The van der Waals surface area contributed by atoms with E-state index in [1.165, 1.54) is 0 Å². The summed E-state index contributed by atoms with van der Waals surface area (Å²) in [4.78, 5) is 49.9. The molecule has 2 aromatic carbocycles. The summed E-state index contributed by atoms with van der Waals surface area (Å²) in [6.07, 6.45) is 1.19. The van der Waals surface area contributed by atoms with Crippen LogP contribution in [0.2, 0.25) is 0 Å². The number of esters is 1. The number of hydrogen-bond acceptors (Lipinski definition) is 5. The van der Waals surface area contributed by atoms with Crippen molar-refractivity contribution < 1.29 is 23.9 Å². The van der Waals surface area contributed by atoms with Gasteiger partial charge in [0.2, 0.25) is 0 Å². The lowest BCUT2D eigenvalue weighted by Crippen LogP contribution is -2.31. The number of fused-ring (bicyclic) bond motifs is 1. The molecular formula is C23H23NO5. The smallest absolute Gasteiger partial charge is 0.306 e. The van der Waals surface area contributed by atoms with E-state index < -0.39 is 5.97 Å². The number of Topliss-reactive ketones (excluding diaryl/α,β-unsaturated/α-hetero) is 1. The first-order valence-corrected chi connectivity index (χ1v) is 9.65. The largest absolute Gasteiger partial charge is 0.457 e. The van der Waals surface area contributed by atoms with Crippen molar-refractivity contribution in [1.29, 1.82) is 0 Å². The zero-order chi connectivity index (χ0) is 21.0. The summed E-state index contributed by atoms with van der Waals surface area (Å²) in [5, 5.41) is 0. The fraction of sp³-hybridized carbons (Fsp3) is 0.304. The molecule has 1 aliphatic heterocycles. The molecule has 0 aliphatic carbocycles. The number of amides is 2. The van der Waals surface area contributed by atoms with E-state index in [-0.39, 0.29) is 43.6 Å². The highest BCUT2D eigenvalue weighted by molar-refractivity contribution is 6.21. The molecule has 0 unspecified atom stereocenters. The van der Waals surface area contributed by atoms with Crippen LogP contribution in [0, 0.1) is 6.92 Å². The van der Waals surface area contributed by atoms with Crippen molar-refractivity contribution in [2.75, 3.05) is 13.2 Å². The second-order valence-corrected chi connectivity index (χ2v) is 7.05. The van der Waals surface area contributed by atoms with Gasteiger partial charge in [-0.3, -0.25) is 24.1 Å². The van der Waals surface area contributed by atoms with E-state index in [0.29, 0.717) is 16.7 Å². The Morgan fingerprint density at radius 1 is 0.966 bits per heavy atom. The van der Waals surface area contributed by atoms with E-state index in [1.807, 2.05) is 26.0 Å². The molecule has 6 nitrogen and oxygen atoms in total. The van der Waals surface area contributed by atoms with Crippen LogP contribution in [0.3, 0.4) is 0 Å². The molecule has 0 bridgehead atoms. The van der Waals surface area contributed by atoms with Crippen LogP contribution < -0.4 is 0 Å². The molecule has 2 amide bonds. The summed E-state index contributed by atoms with van der Waals surface area (Å²) in [5.74, 6) is -1.48. The first-order chi connectivity index (χ1) is 13.9. The Hall–Kier alpha value is -3.28. The van der Waals surface area contributed by atoms with E-state index in [1.54, 1.807) is 30.3 Å². The van der Waals surface area contributed by atoms with Gasteiger partial charge in [0.15, 0.2) is 12.4 Å². The standard InChI is InChI=1S/C23H23NO5/c1-3-16-7-9-17(10-8-16)20(25)14-29-21(26)5-4-12-24-22(27)18-11-6-15(2)13-19(18)23(24)28/h6-11,13H,3-5,12,14H2,1-2H3. The summed E-state index contributed by atoms with van der Waals surface area (Å²) in [5.41, 5.74) is 3.32. The van der Waals surface area contributed by atoms with E-state index in [9.17, 15) is 19.2 Å². The van der Waals surface area contributed by atoms with Crippen molar-refractivity contribution in [2.45, 2.75) is 33.1 Å². The lowest BCUT2D eigenvalue weighted by Gasteiger charge is -2.13. The molecule has 3 rings (SSSR count). The average Bonchev–Trinajstić information content (AvgIpc) is 2.96. The van der Waals surface area contributed by atoms with Crippen LogP contribution in [-0.2, 0) is 16.0 Å². The van der Waals surface area contributed by atoms with Gasteiger partial charge in [-0.25, -0.2) is 0 Å². The Kier molecular flexibility index (Phi) is 6.22. The van der Waals surface area contributed by atoms with Gasteiger partial charge in [-0.2, -0.15) is 0 Å². The minimum absolute atomic E-state index is 0.0223. The minimum Gasteiger partial charge on any atom is -0.457 e. The molecule has 0 spiro atoms. The third kappa shape index (κ3) is 4.59. The Morgan fingerprint density at radius 2 is 1.66 bits per heavy atom. The number of ketones is 1. The fourth-order valence-electron chi connectivity index (χ4n) is 3.22. The van der Waals surface area contributed by atoms with Crippen LogP contribution in [0.5, 0.6) is 0 Å². The van der Waals surface area contributed by atoms with Crippen LogP contribution in [0.1, 0.15) is 62.0 Å².